The molecule has 5 heteroatoms. The van der Waals surface area contributed by atoms with Gasteiger partial charge in [0.25, 0.3) is 5.69 Å². The van der Waals surface area contributed by atoms with Gasteiger partial charge < -0.3 is 10.5 Å². The van der Waals surface area contributed by atoms with Crippen LogP contribution in [0.2, 0.25) is 0 Å². The van der Waals surface area contributed by atoms with Gasteiger partial charge in [0.1, 0.15) is 12.4 Å². The molecule has 2 rings (SSSR count). The quantitative estimate of drug-likeness (QED) is 0.654. The van der Waals surface area contributed by atoms with Gasteiger partial charge in [-0.25, -0.2) is 0 Å². The monoisotopic (exact) mass is 286 g/mol. The number of nitrogens with two attached hydrogens (primary N) is 1. The summed E-state index contributed by atoms with van der Waals surface area (Å²) in [5, 5.41) is 10.9. The summed E-state index contributed by atoms with van der Waals surface area (Å²) in [6.07, 6.45) is 0.767. The molecule has 1 atom stereocenters. The molecule has 0 aromatic heterocycles. The highest BCUT2D eigenvalue weighted by molar-refractivity contribution is 5.39. The molecule has 0 aliphatic carbocycles. The van der Waals surface area contributed by atoms with Gasteiger partial charge in [-0.15, -0.1) is 0 Å². The van der Waals surface area contributed by atoms with E-state index in [1.54, 1.807) is 18.2 Å². The number of benzene rings is 2. The fourth-order valence-electron chi connectivity index (χ4n) is 2.11. The van der Waals surface area contributed by atoms with Crippen LogP contribution in [0.5, 0.6) is 5.75 Å². The lowest BCUT2D eigenvalue weighted by atomic mass is 10.1. The van der Waals surface area contributed by atoms with E-state index in [1.807, 2.05) is 31.2 Å². The van der Waals surface area contributed by atoms with Crippen molar-refractivity contribution in [2.45, 2.75) is 26.0 Å². The van der Waals surface area contributed by atoms with Crippen LogP contribution < -0.4 is 10.5 Å². The maximum Gasteiger partial charge on any atom is 0.276 e. The van der Waals surface area contributed by atoms with Crippen LogP contribution in [0.1, 0.15) is 18.1 Å². The smallest absolute Gasteiger partial charge is 0.276 e. The van der Waals surface area contributed by atoms with E-state index in [0.29, 0.717) is 11.3 Å². The standard InChI is InChI=1S/C16H18N2O3/c1-12(17)9-13-5-4-7-15(10-13)21-11-14-6-2-3-8-16(14)18(19)20/h2-8,10,12H,9,11,17H2,1H3. The van der Waals surface area contributed by atoms with Gasteiger partial charge in [0.05, 0.1) is 10.5 Å². The predicted octanol–water partition coefficient (Wildman–Crippen LogP) is 3.06. The predicted molar refractivity (Wildman–Crippen MR) is 81.2 cm³/mol. The molecular weight excluding hydrogens is 268 g/mol. The molecular formula is C16H18N2O3. The summed E-state index contributed by atoms with van der Waals surface area (Å²) >= 11 is 0. The average Bonchev–Trinajstić information content (AvgIpc) is 2.45. The maximum absolute atomic E-state index is 10.9. The first-order valence-corrected chi connectivity index (χ1v) is 6.76. The Morgan fingerprint density at radius 3 is 2.71 bits per heavy atom. The molecule has 0 saturated carbocycles. The molecule has 21 heavy (non-hydrogen) atoms. The number of para-hydroxylation sites is 1. The first-order chi connectivity index (χ1) is 10.1. The third-order valence-electron chi connectivity index (χ3n) is 3.04. The molecule has 0 saturated heterocycles. The first-order valence-electron chi connectivity index (χ1n) is 6.76. The van der Waals surface area contributed by atoms with E-state index in [0.717, 1.165) is 12.0 Å². The summed E-state index contributed by atoms with van der Waals surface area (Å²) in [5.74, 6) is 0.686. The summed E-state index contributed by atoms with van der Waals surface area (Å²) in [4.78, 5) is 10.5. The van der Waals surface area contributed by atoms with Crippen LogP contribution in [0.15, 0.2) is 48.5 Å². The lowest BCUT2D eigenvalue weighted by molar-refractivity contribution is -0.385. The molecule has 110 valence electrons. The number of rotatable bonds is 6. The van der Waals surface area contributed by atoms with Crippen molar-refractivity contribution in [2.75, 3.05) is 0 Å². The molecule has 0 heterocycles. The van der Waals surface area contributed by atoms with Crippen molar-refractivity contribution in [1.82, 2.24) is 0 Å². The number of hydrogen-bond donors (Lipinski definition) is 1. The lowest BCUT2D eigenvalue weighted by Gasteiger charge is -2.10. The third-order valence-corrected chi connectivity index (χ3v) is 3.04. The molecule has 2 aromatic rings. The van der Waals surface area contributed by atoms with Crippen LogP contribution in [0.3, 0.4) is 0 Å². The van der Waals surface area contributed by atoms with Crippen LogP contribution in [0.25, 0.3) is 0 Å². The van der Waals surface area contributed by atoms with E-state index < -0.39 is 4.92 Å². The summed E-state index contributed by atoms with van der Waals surface area (Å²) in [7, 11) is 0. The van der Waals surface area contributed by atoms with Crippen molar-refractivity contribution in [2.24, 2.45) is 5.73 Å². The second kappa shape index (κ2) is 6.85. The fourth-order valence-corrected chi connectivity index (χ4v) is 2.11. The Labute approximate surface area is 123 Å². The van der Waals surface area contributed by atoms with Gasteiger partial charge >= 0.3 is 0 Å². The largest absolute Gasteiger partial charge is 0.489 e. The third kappa shape index (κ3) is 4.29. The lowest BCUT2D eigenvalue weighted by Crippen LogP contribution is -2.17. The minimum absolute atomic E-state index is 0.0734. The maximum atomic E-state index is 10.9. The Balaban J connectivity index is 2.08. The number of hydrogen-bond acceptors (Lipinski definition) is 4. The van der Waals surface area contributed by atoms with Gasteiger partial charge in [0, 0.05) is 12.1 Å². The summed E-state index contributed by atoms with van der Waals surface area (Å²) in [5.41, 5.74) is 7.49. The zero-order chi connectivity index (χ0) is 15.2. The van der Waals surface area contributed by atoms with E-state index in [2.05, 4.69) is 0 Å². The van der Waals surface area contributed by atoms with Gasteiger partial charge in [-0.1, -0.05) is 24.3 Å². The van der Waals surface area contributed by atoms with Crippen molar-refractivity contribution in [3.63, 3.8) is 0 Å². The number of nitro groups is 1. The van der Waals surface area contributed by atoms with Gasteiger partial charge in [0.15, 0.2) is 0 Å². The van der Waals surface area contributed by atoms with Crippen LogP contribution in [0, 0.1) is 10.1 Å². The van der Waals surface area contributed by atoms with Crippen LogP contribution >= 0.6 is 0 Å². The van der Waals surface area contributed by atoms with Gasteiger partial charge in [-0.05, 0) is 37.1 Å². The van der Waals surface area contributed by atoms with E-state index in [9.17, 15) is 10.1 Å². The molecule has 0 aliphatic heterocycles. The minimum Gasteiger partial charge on any atom is -0.489 e. The topological polar surface area (TPSA) is 78.4 Å². The molecule has 5 nitrogen and oxygen atoms in total. The zero-order valence-corrected chi connectivity index (χ0v) is 11.9. The molecule has 0 spiro atoms. The molecule has 0 amide bonds. The van der Waals surface area contributed by atoms with Crippen molar-refractivity contribution in [3.8, 4) is 5.75 Å². The van der Waals surface area contributed by atoms with Gasteiger partial charge in [-0.2, -0.15) is 0 Å². The highest BCUT2D eigenvalue weighted by atomic mass is 16.6. The van der Waals surface area contributed by atoms with Crippen LogP contribution in [-0.2, 0) is 13.0 Å². The Morgan fingerprint density at radius 1 is 1.24 bits per heavy atom. The Morgan fingerprint density at radius 2 is 2.00 bits per heavy atom. The number of nitro benzene ring substituents is 1. The molecule has 2 N–H and O–H groups in total. The molecule has 0 aliphatic rings. The van der Waals surface area contributed by atoms with Crippen molar-refractivity contribution >= 4 is 5.69 Å². The van der Waals surface area contributed by atoms with Gasteiger partial charge in [0.2, 0.25) is 0 Å². The van der Waals surface area contributed by atoms with Gasteiger partial charge in [-0.3, -0.25) is 10.1 Å². The highest BCUT2D eigenvalue weighted by Gasteiger charge is 2.12. The number of nitrogens with zero attached hydrogens (tertiary/aromatic N) is 1. The summed E-state index contributed by atoms with van der Waals surface area (Å²) in [6, 6.07) is 14.3. The summed E-state index contributed by atoms with van der Waals surface area (Å²) in [6.45, 7) is 2.11. The van der Waals surface area contributed by atoms with Crippen LogP contribution in [0.4, 0.5) is 5.69 Å². The molecule has 0 bridgehead atoms. The molecule has 1 unspecified atom stereocenters. The zero-order valence-electron chi connectivity index (χ0n) is 11.9. The first kappa shape index (κ1) is 15.0. The minimum atomic E-state index is -0.398. The summed E-state index contributed by atoms with van der Waals surface area (Å²) < 4.78 is 5.66. The van der Waals surface area contributed by atoms with E-state index in [1.165, 1.54) is 6.07 Å². The Kier molecular flexibility index (Phi) is 4.90. The molecule has 0 radical (unpaired) electrons. The molecule has 0 fully saturated rings. The van der Waals surface area contributed by atoms with Crippen LogP contribution in [-0.4, -0.2) is 11.0 Å². The fraction of sp³-hybridized carbons (Fsp3) is 0.250. The van der Waals surface area contributed by atoms with E-state index in [-0.39, 0.29) is 18.3 Å². The van der Waals surface area contributed by atoms with Crippen molar-refractivity contribution in [1.29, 1.82) is 0 Å². The van der Waals surface area contributed by atoms with E-state index >= 15 is 0 Å². The normalized spacial score (nSPS) is 11.9. The number of ether oxygens (including phenoxy) is 1. The second-order valence-corrected chi connectivity index (χ2v) is 5.00. The molecule has 2 aromatic carbocycles. The highest BCUT2D eigenvalue weighted by Crippen LogP contribution is 2.21. The SMILES string of the molecule is CC(N)Cc1cccc(OCc2ccccc2[N+](=O)[O-])c1. The van der Waals surface area contributed by atoms with Crippen molar-refractivity contribution in [3.05, 3.63) is 69.8 Å². The second-order valence-electron chi connectivity index (χ2n) is 5.00. The Bertz CT molecular complexity index is 626. The Hall–Kier alpha value is -2.40. The average molecular weight is 286 g/mol. The van der Waals surface area contributed by atoms with Crippen molar-refractivity contribution < 1.29 is 9.66 Å². The van der Waals surface area contributed by atoms with E-state index in [4.69, 9.17) is 10.5 Å².